The van der Waals surface area contributed by atoms with E-state index in [1.165, 1.54) is 103 Å². The molecule has 6 N–H and O–H groups in total. The molecule has 0 saturated carbocycles. The smallest absolute Gasteiger partial charge is 0.394 e. The predicted octanol–water partition coefficient (Wildman–Crippen LogP) is 6.43. The van der Waals surface area contributed by atoms with E-state index in [1.807, 2.05) is 6.08 Å². The molecule has 13 heteroatoms. The third-order valence-corrected chi connectivity index (χ3v) is 10.0. The fourth-order valence-electron chi connectivity index (χ4n) is 6.39. The summed E-state index contributed by atoms with van der Waals surface area (Å²) in [4.78, 5) is 12.9. The van der Waals surface area contributed by atoms with Gasteiger partial charge < -0.3 is 35.2 Å². The molecular weight excluding hydrogens is 678 g/mol. The van der Waals surface area contributed by atoms with E-state index in [9.17, 15) is 33.6 Å². The lowest BCUT2D eigenvalue weighted by Crippen LogP contribution is -2.61. The van der Waals surface area contributed by atoms with Gasteiger partial charge in [-0.2, -0.15) is 8.42 Å². The lowest BCUT2D eigenvalue weighted by atomic mass is 9.99. The van der Waals surface area contributed by atoms with Gasteiger partial charge >= 0.3 is 10.4 Å². The van der Waals surface area contributed by atoms with Crippen LogP contribution in [0.3, 0.4) is 0 Å². The summed E-state index contributed by atoms with van der Waals surface area (Å²) in [5, 5.41) is 44.4. The van der Waals surface area contributed by atoms with Crippen LogP contribution in [0.2, 0.25) is 0 Å². The molecule has 0 aliphatic carbocycles. The third kappa shape index (κ3) is 24.0. The van der Waals surface area contributed by atoms with E-state index in [-0.39, 0.29) is 18.9 Å². The number of allylic oxidation sites excluding steroid dienone is 1. The fourth-order valence-corrected chi connectivity index (χ4v) is 6.90. The van der Waals surface area contributed by atoms with E-state index in [0.717, 1.165) is 38.5 Å². The van der Waals surface area contributed by atoms with E-state index < -0.39 is 59.9 Å². The van der Waals surface area contributed by atoms with Crippen LogP contribution in [0.1, 0.15) is 168 Å². The number of aliphatic hydroxyl groups excluding tert-OH is 4. The van der Waals surface area contributed by atoms with Gasteiger partial charge in [-0.25, -0.2) is 4.18 Å². The van der Waals surface area contributed by atoms with Crippen LogP contribution < -0.4 is 5.32 Å². The maximum Gasteiger partial charge on any atom is 0.397 e. The van der Waals surface area contributed by atoms with Crippen molar-refractivity contribution in [3.8, 4) is 0 Å². The Hall–Kier alpha value is -1.16. The molecule has 0 spiro atoms. The first-order chi connectivity index (χ1) is 24.5. The van der Waals surface area contributed by atoms with E-state index in [0.29, 0.717) is 6.42 Å². The molecule has 0 aromatic heterocycles. The molecule has 1 aliphatic heterocycles. The van der Waals surface area contributed by atoms with Crippen molar-refractivity contribution < 1.29 is 51.8 Å². The van der Waals surface area contributed by atoms with Crippen LogP contribution >= 0.6 is 0 Å². The van der Waals surface area contributed by atoms with Crippen molar-refractivity contribution in [2.75, 3.05) is 13.2 Å². The van der Waals surface area contributed by atoms with Gasteiger partial charge in [-0.1, -0.05) is 154 Å². The summed E-state index contributed by atoms with van der Waals surface area (Å²) in [7, 11) is -5.07. The van der Waals surface area contributed by atoms with E-state index in [1.54, 1.807) is 6.08 Å². The first kappa shape index (κ1) is 47.9. The van der Waals surface area contributed by atoms with Gasteiger partial charge in [0.25, 0.3) is 0 Å². The summed E-state index contributed by atoms with van der Waals surface area (Å²) in [6.45, 7) is 3.34. The number of carbonyl (C=O) groups excluding carboxylic acids is 1. The Bertz CT molecular complexity index is 983. The lowest BCUT2D eigenvalue weighted by molar-refractivity contribution is -0.298. The fraction of sp³-hybridized carbons (Fsp3) is 0.921. The summed E-state index contributed by atoms with van der Waals surface area (Å²) in [5.41, 5.74) is 0. The lowest BCUT2D eigenvalue weighted by Gasteiger charge is -2.41. The van der Waals surface area contributed by atoms with Crippen molar-refractivity contribution in [1.82, 2.24) is 5.32 Å². The average molecular weight is 752 g/mol. The zero-order chi connectivity index (χ0) is 37.7. The monoisotopic (exact) mass is 751 g/mol. The standard InChI is InChI=1S/C38H73NO11S/c1-3-5-7-9-11-13-15-16-18-19-21-23-25-27-32(41)31(39-34(42)28-26-24-22-20-17-14-12-10-8-6-4-2)30-48-38-36(44)37(50-51(45,46)47)35(43)33(29-40)49-38/h25,27,31-33,35-38,40-41,43-44H,3-24,26,28-30H2,1-2H3,(H,39,42)(H,45,46,47). The molecule has 7 unspecified atom stereocenters. The molecule has 51 heavy (non-hydrogen) atoms. The zero-order valence-corrected chi connectivity index (χ0v) is 32.5. The van der Waals surface area contributed by atoms with Gasteiger partial charge in [0.1, 0.15) is 24.4 Å². The number of nitrogens with one attached hydrogen (secondary N) is 1. The second kappa shape index (κ2) is 30.2. The molecule has 1 aliphatic rings. The molecule has 1 fully saturated rings. The molecule has 7 atom stereocenters. The highest BCUT2D eigenvalue weighted by atomic mass is 32.3. The summed E-state index contributed by atoms with van der Waals surface area (Å²) < 4.78 is 47.3. The van der Waals surface area contributed by atoms with Gasteiger partial charge in [-0.05, 0) is 19.3 Å². The van der Waals surface area contributed by atoms with Crippen molar-refractivity contribution in [1.29, 1.82) is 0 Å². The zero-order valence-electron chi connectivity index (χ0n) is 31.7. The largest absolute Gasteiger partial charge is 0.397 e. The molecule has 0 radical (unpaired) electrons. The Balaban J connectivity index is 2.63. The first-order valence-electron chi connectivity index (χ1n) is 20.1. The number of ether oxygens (including phenoxy) is 2. The number of rotatable bonds is 33. The molecule has 1 amide bonds. The second-order valence-electron chi connectivity index (χ2n) is 14.2. The number of hydrogen-bond acceptors (Lipinski definition) is 10. The Morgan fingerprint density at radius 3 is 1.71 bits per heavy atom. The number of hydrogen-bond donors (Lipinski definition) is 6. The van der Waals surface area contributed by atoms with Crippen LogP contribution in [-0.2, 0) is 28.9 Å². The van der Waals surface area contributed by atoms with Crippen molar-refractivity contribution in [2.24, 2.45) is 0 Å². The minimum Gasteiger partial charge on any atom is -0.394 e. The molecule has 0 aromatic rings. The molecular formula is C38H73NO11S. The SMILES string of the molecule is CCCCCCCCCCCCCC=CC(O)C(COC1OC(CO)C(O)C(OS(=O)(=O)O)C1O)NC(=O)CCCCCCCCCCCCC. The summed E-state index contributed by atoms with van der Waals surface area (Å²) in [6, 6.07) is -0.935. The Morgan fingerprint density at radius 2 is 1.24 bits per heavy atom. The van der Waals surface area contributed by atoms with Crippen LogP contribution in [0.25, 0.3) is 0 Å². The minimum absolute atomic E-state index is 0.265. The topological polar surface area (TPSA) is 192 Å². The van der Waals surface area contributed by atoms with Crippen LogP contribution in [0.4, 0.5) is 0 Å². The number of aliphatic hydroxyl groups is 4. The van der Waals surface area contributed by atoms with Gasteiger partial charge in [0, 0.05) is 6.42 Å². The Morgan fingerprint density at radius 1 is 0.765 bits per heavy atom. The van der Waals surface area contributed by atoms with Gasteiger partial charge in [-0.15, -0.1) is 0 Å². The van der Waals surface area contributed by atoms with Crippen LogP contribution in [0.15, 0.2) is 12.2 Å². The van der Waals surface area contributed by atoms with E-state index in [4.69, 9.17) is 14.0 Å². The van der Waals surface area contributed by atoms with Crippen molar-refractivity contribution in [2.45, 2.75) is 211 Å². The highest BCUT2D eigenvalue weighted by Gasteiger charge is 2.48. The minimum atomic E-state index is -5.07. The highest BCUT2D eigenvalue weighted by molar-refractivity contribution is 7.80. The number of carbonyl (C=O) groups is 1. The normalized spacial score (nSPS) is 22.4. The van der Waals surface area contributed by atoms with Crippen molar-refractivity contribution >= 4 is 16.3 Å². The molecule has 0 bridgehead atoms. The third-order valence-electron chi connectivity index (χ3n) is 9.57. The quantitative estimate of drug-likeness (QED) is 0.0246. The average Bonchev–Trinajstić information content (AvgIpc) is 3.09. The molecule has 302 valence electrons. The second-order valence-corrected chi connectivity index (χ2v) is 15.3. The summed E-state index contributed by atoms with van der Waals surface area (Å²) in [6.07, 6.45) is 21.2. The van der Waals surface area contributed by atoms with E-state index in [2.05, 4.69) is 23.3 Å². The predicted molar refractivity (Wildman–Crippen MR) is 199 cm³/mol. The number of unbranched alkanes of at least 4 members (excludes halogenated alkanes) is 21. The molecule has 12 nitrogen and oxygen atoms in total. The maximum absolute atomic E-state index is 12.9. The highest BCUT2D eigenvalue weighted by Crippen LogP contribution is 2.26. The summed E-state index contributed by atoms with van der Waals surface area (Å²) >= 11 is 0. The van der Waals surface area contributed by atoms with Gasteiger partial charge in [0.2, 0.25) is 5.91 Å². The van der Waals surface area contributed by atoms with Crippen LogP contribution in [0.5, 0.6) is 0 Å². The van der Waals surface area contributed by atoms with Crippen LogP contribution in [0, 0.1) is 0 Å². The molecule has 1 rings (SSSR count). The molecule has 0 aromatic carbocycles. The van der Waals surface area contributed by atoms with E-state index >= 15 is 0 Å². The van der Waals surface area contributed by atoms with Gasteiger partial charge in [0.15, 0.2) is 6.29 Å². The number of amides is 1. The summed E-state index contributed by atoms with van der Waals surface area (Å²) in [5.74, 6) is -0.265. The van der Waals surface area contributed by atoms with Crippen molar-refractivity contribution in [3.05, 3.63) is 12.2 Å². The molecule has 1 heterocycles. The van der Waals surface area contributed by atoms with Gasteiger partial charge in [0.05, 0.1) is 25.4 Å². The van der Waals surface area contributed by atoms with Crippen LogP contribution in [-0.4, -0.2) is 95.4 Å². The Labute approximate surface area is 309 Å². The Kier molecular flexibility index (Phi) is 28.3. The first-order valence-corrected chi connectivity index (χ1v) is 21.4. The molecule has 1 saturated heterocycles. The van der Waals surface area contributed by atoms with Crippen molar-refractivity contribution in [3.63, 3.8) is 0 Å². The van der Waals surface area contributed by atoms with Gasteiger partial charge in [-0.3, -0.25) is 9.35 Å². The maximum atomic E-state index is 12.9.